The molecule has 1 aliphatic rings. The fourth-order valence-corrected chi connectivity index (χ4v) is 2.66. The van der Waals surface area contributed by atoms with Gasteiger partial charge in [-0.3, -0.25) is 4.79 Å². The first-order chi connectivity index (χ1) is 9.95. The Hall–Kier alpha value is -1.39. The van der Waals surface area contributed by atoms with E-state index in [1.807, 2.05) is 26.0 Å². The Kier molecular flexibility index (Phi) is 5.01. The van der Waals surface area contributed by atoms with Crippen LogP contribution >= 0.6 is 0 Å². The van der Waals surface area contributed by atoms with E-state index in [0.717, 1.165) is 18.5 Å². The highest BCUT2D eigenvalue weighted by atomic mass is 16.3. The van der Waals surface area contributed by atoms with Crippen LogP contribution in [0.15, 0.2) is 24.3 Å². The van der Waals surface area contributed by atoms with Crippen molar-refractivity contribution in [1.29, 1.82) is 0 Å². The highest BCUT2D eigenvalue weighted by Gasteiger charge is 2.31. The molecule has 0 aromatic heterocycles. The van der Waals surface area contributed by atoms with Crippen molar-refractivity contribution in [3.63, 3.8) is 0 Å². The molecule has 4 nitrogen and oxygen atoms in total. The number of rotatable bonds is 5. The smallest absolute Gasteiger partial charge is 0.230 e. The number of benzene rings is 1. The van der Waals surface area contributed by atoms with Crippen LogP contribution in [0.3, 0.4) is 0 Å². The first kappa shape index (κ1) is 16.0. The van der Waals surface area contributed by atoms with E-state index in [1.165, 1.54) is 5.56 Å². The molecule has 0 aliphatic carbocycles. The zero-order valence-electron chi connectivity index (χ0n) is 13.1. The van der Waals surface area contributed by atoms with E-state index >= 15 is 0 Å². The maximum absolute atomic E-state index is 12.5. The van der Waals surface area contributed by atoms with Crippen molar-refractivity contribution in [2.45, 2.75) is 38.7 Å². The number of hydrogen-bond donors (Lipinski definition) is 3. The summed E-state index contributed by atoms with van der Waals surface area (Å²) in [6.45, 7) is 7.88. The van der Waals surface area contributed by atoms with Crippen molar-refractivity contribution in [3.8, 4) is 0 Å². The van der Waals surface area contributed by atoms with Crippen LogP contribution in [0, 0.1) is 5.92 Å². The summed E-state index contributed by atoms with van der Waals surface area (Å²) < 4.78 is 0. The van der Waals surface area contributed by atoms with Crippen molar-refractivity contribution < 1.29 is 9.90 Å². The lowest BCUT2D eigenvalue weighted by Crippen LogP contribution is -2.43. The van der Waals surface area contributed by atoms with E-state index in [0.29, 0.717) is 13.1 Å². The lowest BCUT2D eigenvalue weighted by molar-refractivity contribution is -0.125. The molecule has 0 bridgehead atoms. The summed E-state index contributed by atoms with van der Waals surface area (Å²) in [5.74, 6) is 0.109. The first-order valence-electron chi connectivity index (χ1n) is 7.71. The fourth-order valence-electron chi connectivity index (χ4n) is 2.66. The summed E-state index contributed by atoms with van der Waals surface area (Å²) >= 11 is 0. The van der Waals surface area contributed by atoms with Crippen LogP contribution in [-0.2, 0) is 16.6 Å². The van der Waals surface area contributed by atoms with Gasteiger partial charge in [-0.05, 0) is 31.4 Å². The molecule has 2 unspecified atom stereocenters. The predicted molar refractivity (Wildman–Crippen MR) is 84.2 cm³/mol. The SMILES string of the molecule is CCc1ccc(C(C)(C)C(=O)NCC2CNCC2O)cc1. The van der Waals surface area contributed by atoms with Gasteiger partial charge in [0, 0.05) is 25.6 Å². The molecule has 1 fully saturated rings. The molecule has 0 saturated carbocycles. The maximum atomic E-state index is 12.5. The Balaban J connectivity index is 1.98. The van der Waals surface area contributed by atoms with Crippen molar-refractivity contribution in [2.75, 3.05) is 19.6 Å². The number of β-amino-alcohol motifs (C(OH)–C–C–N with tert-alkyl or cyclic N) is 1. The highest BCUT2D eigenvalue weighted by molar-refractivity contribution is 5.87. The quantitative estimate of drug-likeness (QED) is 0.764. The molecule has 1 amide bonds. The minimum absolute atomic E-state index is 0.00542. The first-order valence-corrected chi connectivity index (χ1v) is 7.71. The van der Waals surface area contributed by atoms with Gasteiger partial charge in [0.05, 0.1) is 11.5 Å². The van der Waals surface area contributed by atoms with E-state index < -0.39 is 5.41 Å². The molecule has 1 heterocycles. The summed E-state index contributed by atoms with van der Waals surface area (Å²) in [7, 11) is 0. The van der Waals surface area contributed by atoms with E-state index in [9.17, 15) is 9.90 Å². The largest absolute Gasteiger partial charge is 0.391 e. The number of aliphatic hydroxyl groups is 1. The summed E-state index contributed by atoms with van der Waals surface area (Å²) in [6.07, 6.45) is 0.636. The van der Waals surface area contributed by atoms with Crippen LogP contribution in [0.1, 0.15) is 31.9 Å². The molecule has 116 valence electrons. The molecule has 21 heavy (non-hydrogen) atoms. The number of carbonyl (C=O) groups excluding carboxylic acids is 1. The molecule has 0 spiro atoms. The van der Waals surface area contributed by atoms with Gasteiger partial charge < -0.3 is 15.7 Å². The molecule has 2 rings (SSSR count). The molecule has 1 aliphatic heterocycles. The normalized spacial score (nSPS) is 22.3. The number of aliphatic hydroxyl groups excluding tert-OH is 1. The third kappa shape index (κ3) is 3.63. The number of carbonyl (C=O) groups is 1. The Bertz CT molecular complexity index is 482. The second kappa shape index (κ2) is 6.58. The number of hydrogen-bond acceptors (Lipinski definition) is 3. The Morgan fingerprint density at radius 1 is 1.33 bits per heavy atom. The van der Waals surface area contributed by atoms with E-state index in [-0.39, 0.29) is 17.9 Å². The molecular formula is C17H26N2O2. The average Bonchev–Trinajstić information content (AvgIpc) is 2.90. The molecule has 1 saturated heterocycles. The Morgan fingerprint density at radius 2 is 2.00 bits per heavy atom. The highest BCUT2D eigenvalue weighted by Crippen LogP contribution is 2.24. The summed E-state index contributed by atoms with van der Waals surface area (Å²) in [6, 6.07) is 8.22. The van der Waals surface area contributed by atoms with Crippen molar-refractivity contribution in [2.24, 2.45) is 5.92 Å². The summed E-state index contributed by atoms with van der Waals surface area (Å²) in [5, 5.41) is 15.9. The van der Waals surface area contributed by atoms with Gasteiger partial charge in [0.15, 0.2) is 0 Å². The number of aryl methyl sites for hydroxylation is 1. The predicted octanol–water partition coefficient (Wildman–Crippen LogP) is 1.22. The lowest BCUT2D eigenvalue weighted by atomic mass is 9.83. The van der Waals surface area contributed by atoms with E-state index in [4.69, 9.17) is 0 Å². The number of nitrogens with one attached hydrogen (secondary N) is 2. The van der Waals surface area contributed by atoms with Gasteiger partial charge in [0.1, 0.15) is 0 Å². The number of amides is 1. The lowest BCUT2D eigenvalue weighted by Gasteiger charge is -2.26. The Morgan fingerprint density at radius 3 is 2.52 bits per heavy atom. The van der Waals surface area contributed by atoms with Gasteiger partial charge in [0.25, 0.3) is 0 Å². The molecule has 4 heteroatoms. The van der Waals surface area contributed by atoms with Crippen LogP contribution in [0.2, 0.25) is 0 Å². The standard InChI is InChI=1S/C17H26N2O2/c1-4-12-5-7-14(8-6-12)17(2,3)16(21)19-10-13-9-18-11-15(13)20/h5-8,13,15,18,20H,4,9-11H2,1-3H3,(H,19,21). The van der Waals surface area contributed by atoms with Gasteiger partial charge in [-0.2, -0.15) is 0 Å². The van der Waals surface area contributed by atoms with Gasteiger partial charge in [-0.15, -0.1) is 0 Å². The van der Waals surface area contributed by atoms with Gasteiger partial charge in [-0.25, -0.2) is 0 Å². The molecule has 1 aromatic rings. The van der Waals surface area contributed by atoms with Crippen LogP contribution < -0.4 is 10.6 Å². The molecular weight excluding hydrogens is 264 g/mol. The zero-order chi connectivity index (χ0) is 15.5. The topological polar surface area (TPSA) is 61.4 Å². The van der Waals surface area contributed by atoms with Crippen LogP contribution in [0.5, 0.6) is 0 Å². The minimum Gasteiger partial charge on any atom is -0.391 e. The van der Waals surface area contributed by atoms with Crippen LogP contribution in [0.25, 0.3) is 0 Å². The maximum Gasteiger partial charge on any atom is 0.230 e. The van der Waals surface area contributed by atoms with Crippen molar-refractivity contribution in [3.05, 3.63) is 35.4 Å². The monoisotopic (exact) mass is 290 g/mol. The summed E-state index contributed by atoms with van der Waals surface area (Å²) in [5.41, 5.74) is 1.72. The second-order valence-corrected chi connectivity index (χ2v) is 6.37. The molecule has 0 radical (unpaired) electrons. The Labute approximate surface area is 126 Å². The molecule has 2 atom stereocenters. The van der Waals surface area contributed by atoms with E-state index in [1.54, 1.807) is 0 Å². The summed E-state index contributed by atoms with van der Waals surface area (Å²) in [4.78, 5) is 12.5. The third-order valence-electron chi connectivity index (χ3n) is 4.48. The van der Waals surface area contributed by atoms with Crippen LogP contribution in [0.4, 0.5) is 0 Å². The third-order valence-corrected chi connectivity index (χ3v) is 4.48. The van der Waals surface area contributed by atoms with Gasteiger partial charge in [0.2, 0.25) is 5.91 Å². The molecule has 1 aromatic carbocycles. The van der Waals surface area contributed by atoms with Gasteiger partial charge in [-0.1, -0.05) is 31.2 Å². The molecule has 3 N–H and O–H groups in total. The second-order valence-electron chi connectivity index (χ2n) is 6.37. The van der Waals surface area contributed by atoms with E-state index in [2.05, 4.69) is 29.7 Å². The average molecular weight is 290 g/mol. The fraction of sp³-hybridized carbons (Fsp3) is 0.588. The van der Waals surface area contributed by atoms with Crippen LogP contribution in [-0.4, -0.2) is 36.8 Å². The van der Waals surface area contributed by atoms with Gasteiger partial charge >= 0.3 is 0 Å². The van der Waals surface area contributed by atoms with Crippen molar-refractivity contribution >= 4 is 5.91 Å². The zero-order valence-corrected chi connectivity index (χ0v) is 13.1. The van der Waals surface area contributed by atoms with Crippen molar-refractivity contribution in [1.82, 2.24) is 10.6 Å². The minimum atomic E-state index is -0.566.